The molecule has 1 aromatic carbocycles. The van der Waals surface area contributed by atoms with E-state index >= 15 is 0 Å². The van der Waals surface area contributed by atoms with Gasteiger partial charge in [0, 0.05) is 36.6 Å². The first-order valence-corrected chi connectivity index (χ1v) is 13.9. The Morgan fingerprint density at radius 2 is 1.94 bits per heavy atom. The smallest absolute Gasteiger partial charge is 0.246 e. The van der Waals surface area contributed by atoms with Crippen LogP contribution < -0.4 is 10.1 Å². The Morgan fingerprint density at radius 3 is 2.58 bits per heavy atom. The first-order valence-electron chi connectivity index (χ1n) is 11.6. The van der Waals surface area contributed by atoms with Crippen LogP contribution >= 0.6 is 11.3 Å². The molecule has 2 aliphatic heterocycles. The lowest BCUT2D eigenvalue weighted by Crippen LogP contribution is -2.37. The largest absolute Gasteiger partial charge is 0.492 e. The van der Waals surface area contributed by atoms with E-state index in [9.17, 15) is 13.2 Å². The van der Waals surface area contributed by atoms with Crippen molar-refractivity contribution in [3.63, 3.8) is 0 Å². The van der Waals surface area contributed by atoms with E-state index in [1.165, 1.54) is 10.4 Å². The van der Waals surface area contributed by atoms with Gasteiger partial charge in [0.25, 0.3) is 0 Å². The first kappa shape index (κ1) is 24.1. The number of aromatic nitrogens is 1. The van der Waals surface area contributed by atoms with Crippen molar-refractivity contribution in [2.24, 2.45) is 5.92 Å². The number of carbonyl (C=O) groups is 1. The van der Waals surface area contributed by atoms with E-state index in [1.807, 2.05) is 13.8 Å². The topological polar surface area (TPSA) is 91.8 Å². The fourth-order valence-corrected chi connectivity index (χ4v) is 6.72. The summed E-state index contributed by atoms with van der Waals surface area (Å²) in [5, 5.41) is 6.11. The number of hydrogen-bond donors (Lipinski definition) is 1. The Hall–Kier alpha value is -2.01. The number of amides is 1. The van der Waals surface area contributed by atoms with Gasteiger partial charge in [-0.05, 0) is 70.8 Å². The zero-order valence-electron chi connectivity index (χ0n) is 19.2. The second-order valence-electron chi connectivity index (χ2n) is 8.60. The number of thiazole rings is 1. The van der Waals surface area contributed by atoms with Crippen LogP contribution in [0.25, 0.3) is 0 Å². The summed E-state index contributed by atoms with van der Waals surface area (Å²) in [6.45, 7) is 7.73. The molecule has 4 rings (SSSR count). The summed E-state index contributed by atoms with van der Waals surface area (Å²) in [6.07, 6.45) is 3.26. The van der Waals surface area contributed by atoms with Gasteiger partial charge >= 0.3 is 0 Å². The third-order valence-corrected chi connectivity index (χ3v) is 8.95. The van der Waals surface area contributed by atoms with E-state index in [2.05, 4.69) is 20.6 Å². The van der Waals surface area contributed by atoms with Gasteiger partial charge in [-0.25, -0.2) is 13.4 Å². The van der Waals surface area contributed by atoms with Gasteiger partial charge in [0.05, 0.1) is 17.3 Å². The molecule has 0 radical (unpaired) electrons. The van der Waals surface area contributed by atoms with E-state index in [0.717, 1.165) is 56.0 Å². The molecule has 1 amide bonds. The van der Waals surface area contributed by atoms with Gasteiger partial charge in [0.2, 0.25) is 15.9 Å². The Kier molecular flexibility index (Phi) is 7.68. The van der Waals surface area contributed by atoms with Crippen LogP contribution in [0.3, 0.4) is 0 Å². The molecule has 180 valence electrons. The van der Waals surface area contributed by atoms with Gasteiger partial charge in [-0.15, -0.1) is 11.3 Å². The number of hydrogen-bond acceptors (Lipinski definition) is 7. The van der Waals surface area contributed by atoms with Crippen molar-refractivity contribution in [2.45, 2.75) is 51.0 Å². The quantitative estimate of drug-likeness (QED) is 0.607. The van der Waals surface area contributed by atoms with Crippen LogP contribution in [0.1, 0.15) is 43.3 Å². The van der Waals surface area contributed by atoms with Crippen LogP contribution in [-0.2, 0) is 21.4 Å². The number of rotatable bonds is 8. The van der Waals surface area contributed by atoms with Gasteiger partial charge in [0.1, 0.15) is 10.6 Å². The Labute approximate surface area is 200 Å². The molecule has 0 bridgehead atoms. The van der Waals surface area contributed by atoms with Gasteiger partial charge < -0.3 is 10.1 Å². The molecular formula is C23H32N4O4S2. The monoisotopic (exact) mass is 492 g/mol. The average molecular weight is 493 g/mol. The lowest BCUT2D eigenvalue weighted by molar-refractivity contribution is -0.121. The van der Waals surface area contributed by atoms with Gasteiger partial charge in [-0.2, -0.15) is 4.31 Å². The summed E-state index contributed by atoms with van der Waals surface area (Å²) in [4.78, 5) is 19.9. The molecule has 0 saturated carbocycles. The highest BCUT2D eigenvalue weighted by atomic mass is 32.2. The zero-order chi connectivity index (χ0) is 23.4. The number of nitrogens with one attached hydrogen (secondary N) is 1. The van der Waals surface area contributed by atoms with Crippen LogP contribution in [0.5, 0.6) is 5.75 Å². The lowest BCUT2D eigenvalue weighted by Gasteiger charge is -2.30. The second kappa shape index (κ2) is 10.5. The molecule has 0 aliphatic carbocycles. The Balaban J connectivity index is 1.40. The number of sulfonamides is 1. The molecule has 2 saturated heterocycles. The summed E-state index contributed by atoms with van der Waals surface area (Å²) < 4.78 is 33.5. The number of ether oxygens (including phenoxy) is 1. The fourth-order valence-electron chi connectivity index (χ4n) is 4.44. The summed E-state index contributed by atoms with van der Waals surface area (Å²) in [6, 6.07) is 4.89. The minimum absolute atomic E-state index is 0.0622. The van der Waals surface area contributed by atoms with Crippen molar-refractivity contribution in [1.82, 2.24) is 14.2 Å². The highest BCUT2D eigenvalue weighted by molar-refractivity contribution is 7.89. The predicted molar refractivity (Wildman–Crippen MR) is 129 cm³/mol. The van der Waals surface area contributed by atoms with E-state index < -0.39 is 10.0 Å². The third kappa shape index (κ3) is 5.74. The van der Waals surface area contributed by atoms with Gasteiger partial charge in [-0.3, -0.25) is 9.69 Å². The number of aryl methyl sites for hydroxylation is 1. The third-order valence-electron chi connectivity index (χ3n) is 6.20. The summed E-state index contributed by atoms with van der Waals surface area (Å²) >= 11 is 1.66. The zero-order valence-corrected chi connectivity index (χ0v) is 20.9. The molecule has 2 aromatic rings. The molecule has 2 fully saturated rings. The van der Waals surface area contributed by atoms with Crippen molar-refractivity contribution in [1.29, 1.82) is 0 Å². The standard InChI is InChI=1S/C23H32N4O4S2/c1-3-31-21-7-6-19(14-22(21)33(29,30)27-10-4-5-11-27)25-23(28)18-8-12-26(13-9-18)15-20-16-32-17(2)24-20/h6-7,14,16,18H,3-5,8-13,15H2,1-2H3,(H,25,28). The first-order chi connectivity index (χ1) is 15.9. The number of benzene rings is 1. The molecule has 0 unspecified atom stereocenters. The van der Waals surface area contributed by atoms with E-state index in [1.54, 1.807) is 23.5 Å². The molecule has 1 aromatic heterocycles. The van der Waals surface area contributed by atoms with Crippen molar-refractivity contribution < 1.29 is 17.9 Å². The summed E-state index contributed by atoms with van der Waals surface area (Å²) in [7, 11) is -3.66. The summed E-state index contributed by atoms with van der Waals surface area (Å²) in [5.74, 6) is 0.171. The number of likely N-dealkylation sites (tertiary alicyclic amines) is 1. The van der Waals surface area contributed by atoms with Crippen molar-refractivity contribution >= 4 is 33.0 Å². The highest BCUT2D eigenvalue weighted by Crippen LogP contribution is 2.32. The predicted octanol–water partition coefficient (Wildman–Crippen LogP) is 3.49. The van der Waals surface area contributed by atoms with Crippen LogP contribution in [0.2, 0.25) is 0 Å². The minimum Gasteiger partial charge on any atom is -0.492 e. The maximum atomic E-state index is 13.2. The molecule has 10 heteroatoms. The Bertz CT molecular complexity index is 1070. The maximum Gasteiger partial charge on any atom is 0.246 e. The highest BCUT2D eigenvalue weighted by Gasteiger charge is 2.31. The summed E-state index contributed by atoms with van der Waals surface area (Å²) in [5.41, 5.74) is 1.57. The average Bonchev–Trinajstić information content (AvgIpc) is 3.48. The molecule has 8 nitrogen and oxygen atoms in total. The van der Waals surface area contributed by atoms with Crippen molar-refractivity contribution in [3.05, 3.63) is 34.3 Å². The van der Waals surface area contributed by atoms with E-state index in [-0.39, 0.29) is 16.7 Å². The molecule has 33 heavy (non-hydrogen) atoms. The van der Waals surface area contributed by atoms with Crippen molar-refractivity contribution in [2.75, 3.05) is 38.1 Å². The number of anilines is 1. The van der Waals surface area contributed by atoms with E-state index in [4.69, 9.17) is 4.74 Å². The fraction of sp³-hybridized carbons (Fsp3) is 0.565. The normalized spacial score (nSPS) is 18.5. The number of nitrogens with zero attached hydrogens (tertiary/aromatic N) is 3. The molecular weight excluding hydrogens is 460 g/mol. The maximum absolute atomic E-state index is 13.2. The van der Waals surface area contributed by atoms with Gasteiger partial charge in [0.15, 0.2) is 0 Å². The van der Waals surface area contributed by atoms with E-state index in [0.29, 0.717) is 31.1 Å². The molecule has 3 heterocycles. The van der Waals surface area contributed by atoms with Gasteiger partial charge in [-0.1, -0.05) is 0 Å². The minimum atomic E-state index is -3.66. The van der Waals surface area contributed by atoms with Crippen LogP contribution in [0.4, 0.5) is 5.69 Å². The number of carbonyl (C=O) groups excluding carboxylic acids is 1. The molecule has 0 atom stereocenters. The lowest BCUT2D eigenvalue weighted by atomic mass is 9.95. The van der Waals surface area contributed by atoms with Crippen LogP contribution in [0, 0.1) is 12.8 Å². The number of piperidine rings is 1. The van der Waals surface area contributed by atoms with Crippen molar-refractivity contribution in [3.8, 4) is 5.75 Å². The van der Waals surface area contributed by atoms with Crippen LogP contribution in [-0.4, -0.2) is 61.3 Å². The molecule has 2 aliphatic rings. The van der Waals surface area contributed by atoms with Crippen LogP contribution in [0.15, 0.2) is 28.5 Å². The SMILES string of the molecule is CCOc1ccc(NC(=O)C2CCN(Cc3csc(C)n3)CC2)cc1S(=O)(=O)N1CCCC1. The second-order valence-corrected chi connectivity index (χ2v) is 11.6. The Morgan fingerprint density at radius 1 is 1.21 bits per heavy atom. The molecule has 0 spiro atoms. The molecule has 1 N–H and O–H groups in total.